The highest BCUT2D eigenvalue weighted by atomic mass is 35.5. The molecular weight excluding hydrogens is 274 g/mol. The number of nitrogens with zero attached hydrogens (tertiary/aromatic N) is 1. The lowest BCUT2D eigenvalue weighted by Crippen LogP contribution is -2.26. The number of ether oxygens (including phenoxy) is 1. The Balaban J connectivity index is 2.35. The van der Waals surface area contributed by atoms with Crippen LogP contribution in [0.5, 0.6) is 0 Å². The van der Waals surface area contributed by atoms with Gasteiger partial charge in [0.1, 0.15) is 0 Å². The van der Waals surface area contributed by atoms with E-state index >= 15 is 0 Å². The Labute approximate surface area is 113 Å². The van der Waals surface area contributed by atoms with E-state index in [2.05, 4.69) is 9.73 Å². The van der Waals surface area contributed by atoms with E-state index in [4.69, 9.17) is 11.6 Å². The topological polar surface area (TPSA) is 55.7 Å². The Morgan fingerprint density at radius 1 is 1.50 bits per heavy atom. The number of rotatable bonds is 2. The Hall–Kier alpha value is -1.33. The standard InChI is InChI=1S/C12H10ClNO3S/c1-17-12(16)10-9(15)6-18-11(10)14-8-5-3-2-4-7(8)13/h2-5,10H,6H2,1H3. The van der Waals surface area contributed by atoms with Gasteiger partial charge in [-0.05, 0) is 12.1 Å². The van der Waals surface area contributed by atoms with Crippen molar-refractivity contribution in [2.75, 3.05) is 12.9 Å². The largest absolute Gasteiger partial charge is 0.468 e. The van der Waals surface area contributed by atoms with Gasteiger partial charge >= 0.3 is 5.97 Å². The molecule has 94 valence electrons. The van der Waals surface area contributed by atoms with E-state index < -0.39 is 11.9 Å². The molecule has 6 heteroatoms. The molecule has 0 amide bonds. The molecule has 1 unspecified atom stereocenters. The number of methoxy groups -OCH3 is 1. The fraction of sp³-hybridized carbons (Fsp3) is 0.250. The third-order valence-corrected chi connectivity index (χ3v) is 3.82. The molecule has 1 aliphatic heterocycles. The third-order valence-electron chi connectivity index (χ3n) is 2.45. The van der Waals surface area contributed by atoms with Crippen molar-refractivity contribution in [2.24, 2.45) is 10.9 Å². The van der Waals surface area contributed by atoms with Crippen LogP contribution in [0.15, 0.2) is 29.3 Å². The molecule has 0 spiro atoms. The van der Waals surface area contributed by atoms with E-state index in [9.17, 15) is 9.59 Å². The number of aliphatic imine (C=N–C) groups is 1. The predicted octanol–water partition coefficient (Wildman–Crippen LogP) is 2.48. The van der Waals surface area contributed by atoms with Crippen LogP contribution in [0.3, 0.4) is 0 Å². The first-order valence-electron chi connectivity index (χ1n) is 5.20. The SMILES string of the molecule is COC(=O)C1C(=O)CSC1=Nc1ccccc1Cl. The minimum absolute atomic E-state index is 0.183. The van der Waals surface area contributed by atoms with Crippen LogP contribution in [0, 0.1) is 5.92 Å². The fourth-order valence-electron chi connectivity index (χ4n) is 1.56. The highest BCUT2D eigenvalue weighted by Gasteiger charge is 2.38. The number of halogens is 1. The Morgan fingerprint density at radius 3 is 2.89 bits per heavy atom. The molecule has 1 atom stereocenters. The average molecular weight is 284 g/mol. The molecule has 18 heavy (non-hydrogen) atoms. The normalized spacial score (nSPS) is 21.3. The monoisotopic (exact) mass is 283 g/mol. The summed E-state index contributed by atoms with van der Waals surface area (Å²) in [5, 5.41) is 0.925. The van der Waals surface area contributed by atoms with Gasteiger partial charge in [0.15, 0.2) is 11.7 Å². The highest BCUT2D eigenvalue weighted by molar-refractivity contribution is 8.15. The van der Waals surface area contributed by atoms with E-state index in [1.54, 1.807) is 24.3 Å². The second kappa shape index (κ2) is 5.54. The first-order chi connectivity index (χ1) is 8.63. The molecule has 0 radical (unpaired) electrons. The molecule has 0 aliphatic carbocycles. The van der Waals surface area contributed by atoms with E-state index in [1.165, 1.54) is 18.9 Å². The maximum Gasteiger partial charge on any atom is 0.322 e. The molecule has 4 nitrogen and oxygen atoms in total. The van der Waals surface area contributed by atoms with Crippen LogP contribution in [-0.2, 0) is 14.3 Å². The van der Waals surface area contributed by atoms with Crippen LogP contribution < -0.4 is 0 Å². The Bertz CT molecular complexity index is 530. The average Bonchev–Trinajstić information content (AvgIpc) is 2.72. The summed E-state index contributed by atoms with van der Waals surface area (Å²) in [5.41, 5.74) is 0.547. The molecule has 1 aromatic rings. The summed E-state index contributed by atoms with van der Waals surface area (Å²) in [6.07, 6.45) is 0. The first kappa shape index (κ1) is 13.1. The lowest BCUT2D eigenvalue weighted by molar-refractivity contribution is -0.145. The second-order valence-electron chi connectivity index (χ2n) is 3.61. The zero-order chi connectivity index (χ0) is 13.1. The van der Waals surface area contributed by atoms with Gasteiger partial charge in [0.05, 0.1) is 28.6 Å². The smallest absolute Gasteiger partial charge is 0.322 e. The maximum atomic E-state index is 11.6. The van der Waals surface area contributed by atoms with Crippen molar-refractivity contribution in [1.29, 1.82) is 0 Å². The van der Waals surface area contributed by atoms with E-state index in [1.807, 2.05) is 0 Å². The van der Waals surface area contributed by atoms with Crippen molar-refractivity contribution in [1.82, 2.24) is 0 Å². The highest BCUT2D eigenvalue weighted by Crippen LogP contribution is 2.31. The van der Waals surface area contributed by atoms with Crippen LogP contribution in [0.25, 0.3) is 0 Å². The van der Waals surface area contributed by atoms with Crippen molar-refractivity contribution < 1.29 is 14.3 Å². The second-order valence-corrected chi connectivity index (χ2v) is 5.02. The van der Waals surface area contributed by atoms with Crippen LogP contribution >= 0.6 is 23.4 Å². The van der Waals surface area contributed by atoms with Gasteiger partial charge in [-0.2, -0.15) is 0 Å². The summed E-state index contributed by atoms with van der Waals surface area (Å²) in [5.74, 6) is -1.42. The summed E-state index contributed by atoms with van der Waals surface area (Å²) in [4.78, 5) is 27.4. The summed E-state index contributed by atoms with van der Waals surface area (Å²) >= 11 is 7.23. The van der Waals surface area contributed by atoms with Gasteiger partial charge in [-0.3, -0.25) is 9.59 Å². The van der Waals surface area contributed by atoms with Gasteiger partial charge in [0, 0.05) is 0 Å². The molecule has 0 aromatic heterocycles. The molecule has 1 saturated heterocycles. The number of para-hydroxylation sites is 1. The van der Waals surface area contributed by atoms with E-state index in [0.29, 0.717) is 15.8 Å². The number of thioether (sulfide) groups is 1. The molecule has 2 rings (SSSR count). The maximum absolute atomic E-state index is 11.6. The minimum Gasteiger partial charge on any atom is -0.468 e. The zero-order valence-corrected chi connectivity index (χ0v) is 11.1. The van der Waals surface area contributed by atoms with Crippen LogP contribution in [-0.4, -0.2) is 29.7 Å². The molecule has 1 fully saturated rings. The van der Waals surface area contributed by atoms with Crippen molar-refractivity contribution in [3.05, 3.63) is 29.3 Å². The van der Waals surface area contributed by atoms with Gasteiger partial charge in [-0.1, -0.05) is 23.7 Å². The number of hydrogen-bond acceptors (Lipinski definition) is 5. The molecule has 0 bridgehead atoms. The third kappa shape index (κ3) is 2.57. The molecule has 1 aromatic carbocycles. The number of carbonyl (C=O) groups is 2. The number of esters is 1. The van der Waals surface area contributed by atoms with E-state index in [0.717, 1.165) is 0 Å². The van der Waals surface area contributed by atoms with Gasteiger partial charge in [-0.15, -0.1) is 11.8 Å². The molecule has 1 aliphatic rings. The minimum atomic E-state index is -0.906. The van der Waals surface area contributed by atoms with E-state index in [-0.39, 0.29) is 11.5 Å². The van der Waals surface area contributed by atoms with Crippen LogP contribution in [0.1, 0.15) is 0 Å². The lowest BCUT2D eigenvalue weighted by Gasteiger charge is -2.06. The number of Topliss-reactive ketones (excluding diaryl/α,β-unsaturated/α-hetero) is 1. The van der Waals surface area contributed by atoms with Crippen molar-refractivity contribution >= 4 is 45.8 Å². The van der Waals surface area contributed by atoms with Gasteiger partial charge in [0.2, 0.25) is 0 Å². The fourth-order valence-corrected chi connectivity index (χ4v) is 2.75. The zero-order valence-electron chi connectivity index (χ0n) is 9.55. The predicted molar refractivity (Wildman–Crippen MR) is 71.5 cm³/mol. The van der Waals surface area contributed by atoms with Gasteiger partial charge in [0.25, 0.3) is 0 Å². The molecule has 1 heterocycles. The summed E-state index contributed by atoms with van der Waals surface area (Å²) in [7, 11) is 1.26. The Morgan fingerprint density at radius 2 is 2.22 bits per heavy atom. The molecular formula is C12H10ClNO3S. The van der Waals surface area contributed by atoms with Crippen LogP contribution in [0.4, 0.5) is 5.69 Å². The van der Waals surface area contributed by atoms with Gasteiger partial charge < -0.3 is 4.74 Å². The number of carbonyl (C=O) groups excluding carboxylic acids is 2. The molecule has 0 N–H and O–H groups in total. The molecule has 0 saturated carbocycles. The van der Waals surface area contributed by atoms with Gasteiger partial charge in [-0.25, -0.2) is 4.99 Å². The first-order valence-corrected chi connectivity index (χ1v) is 6.56. The Kier molecular flexibility index (Phi) is 4.04. The lowest BCUT2D eigenvalue weighted by atomic mass is 10.1. The summed E-state index contributed by atoms with van der Waals surface area (Å²) in [6.45, 7) is 0. The number of hydrogen-bond donors (Lipinski definition) is 0. The van der Waals surface area contributed by atoms with Crippen molar-refractivity contribution in [3.63, 3.8) is 0 Å². The van der Waals surface area contributed by atoms with Crippen molar-refractivity contribution in [2.45, 2.75) is 0 Å². The summed E-state index contributed by atoms with van der Waals surface area (Å²) < 4.78 is 4.62. The summed E-state index contributed by atoms with van der Waals surface area (Å²) in [6, 6.07) is 7.01. The number of ketones is 1. The quantitative estimate of drug-likeness (QED) is 0.618. The van der Waals surface area contributed by atoms with Crippen LogP contribution in [0.2, 0.25) is 5.02 Å². The number of benzene rings is 1. The van der Waals surface area contributed by atoms with Crippen molar-refractivity contribution in [3.8, 4) is 0 Å².